The number of carbonyl (C=O) groups is 2. The smallest absolute Gasteiger partial charge is 0.373 e. The van der Waals surface area contributed by atoms with E-state index in [-0.39, 0.29) is 0 Å². The normalized spacial score (nSPS) is 11.6. The Hall–Kier alpha value is -1.64. The van der Waals surface area contributed by atoms with E-state index < -0.39 is 17.2 Å². The molecule has 0 spiro atoms. The van der Waals surface area contributed by atoms with E-state index in [0.29, 0.717) is 5.92 Å². The number of ketones is 1. The lowest BCUT2D eigenvalue weighted by Gasteiger charge is -2.21. The molecule has 1 N–H and O–H groups in total. The van der Waals surface area contributed by atoms with Crippen molar-refractivity contribution in [3.63, 3.8) is 0 Å². The van der Waals surface area contributed by atoms with E-state index >= 15 is 0 Å². The second-order valence-corrected chi connectivity index (χ2v) is 5.04. The van der Waals surface area contributed by atoms with Crippen LogP contribution in [0, 0.1) is 0 Å². The monoisotopic (exact) mass is 234 g/mol. The van der Waals surface area contributed by atoms with Crippen molar-refractivity contribution in [2.24, 2.45) is 0 Å². The number of benzene rings is 1. The molecule has 0 amide bonds. The van der Waals surface area contributed by atoms with Crippen LogP contribution in [-0.2, 0) is 15.0 Å². The molecule has 0 bridgehead atoms. The van der Waals surface area contributed by atoms with Gasteiger partial charge in [0.1, 0.15) is 0 Å². The summed E-state index contributed by atoms with van der Waals surface area (Å²) in [5, 5.41) is 8.77. The summed E-state index contributed by atoms with van der Waals surface area (Å²) in [7, 11) is 0. The molecule has 1 aromatic carbocycles. The fourth-order valence-electron chi connectivity index (χ4n) is 1.68. The van der Waals surface area contributed by atoms with Crippen LogP contribution < -0.4 is 0 Å². The van der Waals surface area contributed by atoms with Crippen molar-refractivity contribution in [1.29, 1.82) is 0 Å². The summed E-state index contributed by atoms with van der Waals surface area (Å²) in [6.45, 7) is 7.44. The average molecular weight is 234 g/mol. The van der Waals surface area contributed by atoms with Crippen LogP contribution in [-0.4, -0.2) is 16.9 Å². The topological polar surface area (TPSA) is 54.4 Å². The zero-order valence-electron chi connectivity index (χ0n) is 10.7. The lowest BCUT2D eigenvalue weighted by atomic mass is 9.80. The number of rotatable bonds is 4. The summed E-state index contributed by atoms with van der Waals surface area (Å²) in [5.41, 5.74) is 0.920. The van der Waals surface area contributed by atoms with Gasteiger partial charge in [0.15, 0.2) is 0 Å². The van der Waals surface area contributed by atoms with Gasteiger partial charge < -0.3 is 5.11 Å². The van der Waals surface area contributed by atoms with Gasteiger partial charge in [-0.1, -0.05) is 38.1 Å². The van der Waals surface area contributed by atoms with E-state index in [9.17, 15) is 9.59 Å². The molecule has 0 aliphatic rings. The van der Waals surface area contributed by atoms with E-state index in [4.69, 9.17) is 5.11 Å². The number of hydrogen-bond donors (Lipinski definition) is 1. The first kappa shape index (κ1) is 13.4. The lowest BCUT2D eigenvalue weighted by Crippen LogP contribution is -2.34. The number of hydrogen-bond acceptors (Lipinski definition) is 2. The van der Waals surface area contributed by atoms with Gasteiger partial charge in [-0.2, -0.15) is 0 Å². The Kier molecular flexibility index (Phi) is 3.71. The second kappa shape index (κ2) is 4.70. The SMILES string of the molecule is CC(C)c1ccc(C(C)(C)C(=O)C(=O)O)cc1. The van der Waals surface area contributed by atoms with Crippen LogP contribution in [0.5, 0.6) is 0 Å². The summed E-state index contributed by atoms with van der Waals surface area (Å²) in [5.74, 6) is -1.75. The first-order valence-electron chi connectivity index (χ1n) is 5.65. The molecule has 0 atom stereocenters. The molecular weight excluding hydrogens is 216 g/mol. The lowest BCUT2D eigenvalue weighted by molar-refractivity contribution is -0.151. The molecule has 0 unspecified atom stereocenters. The molecule has 0 radical (unpaired) electrons. The molecule has 0 heterocycles. The molecule has 92 valence electrons. The van der Waals surface area contributed by atoms with E-state index in [1.807, 2.05) is 24.3 Å². The molecule has 0 saturated carbocycles. The Morgan fingerprint density at radius 3 is 1.94 bits per heavy atom. The third kappa shape index (κ3) is 2.73. The average Bonchev–Trinajstić information content (AvgIpc) is 2.27. The van der Waals surface area contributed by atoms with Crippen molar-refractivity contribution in [2.75, 3.05) is 0 Å². The summed E-state index contributed by atoms with van der Waals surface area (Å²) < 4.78 is 0. The molecule has 0 fully saturated rings. The minimum Gasteiger partial charge on any atom is -0.475 e. The Morgan fingerprint density at radius 2 is 1.59 bits per heavy atom. The van der Waals surface area contributed by atoms with Gasteiger partial charge in [0.05, 0.1) is 5.41 Å². The first-order valence-corrected chi connectivity index (χ1v) is 5.65. The van der Waals surface area contributed by atoms with Gasteiger partial charge in [-0.3, -0.25) is 4.79 Å². The molecule has 0 saturated heterocycles. The molecule has 0 aliphatic heterocycles. The zero-order valence-corrected chi connectivity index (χ0v) is 10.7. The first-order chi connectivity index (χ1) is 7.76. The molecule has 1 aromatic rings. The number of Topliss-reactive ketones (excluding diaryl/α,β-unsaturated/α-hetero) is 1. The predicted molar refractivity (Wildman–Crippen MR) is 66.2 cm³/mol. The summed E-state index contributed by atoms with van der Waals surface area (Å²) in [6.07, 6.45) is 0. The molecule has 17 heavy (non-hydrogen) atoms. The van der Waals surface area contributed by atoms with Gasteiger partial charge in [0.2, 0.25) is 5.78 Å². The molecule has 1 rings (SSSR count). The third-order valence-electron chi connectivity index (χ3n) is 3.06. The van der Waals surface area contributed by atoms with Crippen molar-refractivity contribution in [2.45, 2.75) is 39.0 Å². The summed E-state index contributed by atoms with van der Waals surface area (Å²) >= 11 is 0. The number of carboxylic acid groups (broad SMARTS) is 1. The number of aliphatic carboxylic acids is 1. The standard InChI is InChI=1S/C14H18O3/c1-9(2)10-5-7-11(8-6-10)14(3,4)12(15)13(16)17/h5-9H,1-4H3,(H,16,17). The predicted octanol–water partition coefficient (Wildman–Crippen LogP) is 2.74. The van der Waals surface area contributed by atoms with E-state index in [2.05, 4.69) is 13.8 Å². The fourth-order valence-corrected chi connectivity index (χ4v) is 1.68. The quantitative estimate of drug-likeness (QED) is 0.815. The highest BCUT2D eigenvalue weighted by Crippen LogP contribution is 2.26. The molecule has 3 heteroatoms. The van der Waals surface area contributed by atoms with E-state index in [1.54, 1.807) is 13.8 Å². The van der Waals surface area contributed by atoms with Crippen molar-refractivity contribution < 1.29 is 14.7 Å². The van der Waals surface area contributed by atoms with Crippen molar-refractivity contribution in [3.05, 3.63) is 35.4 Å². The second-order valence-electron chi connectivity index (χ2n) is 5.04. The largest absolute Gasteiger partial charge is 0.475 e. The highest BCUT2D eigenvalue weighted by Gasteiger charge is 2.34. The van der Waals surface area contributed by atoms with Crippen LogP contribution in [0.25, 0.3) is 0 Å². The molecular formula is C14H18O3. The Labute approximate surface area is 101 Å². The van der Waals surface area contributed by atoms with Gasteiger partial charge in [0.25, 0.3) is 0 Å². The fraction of sp³-hybridized carbons (Fsp3) is 0.429. The van der Waals surface area contributed by atoms with Crippen molar-refractivity contribution >= 4 is 11.8 Å². The highest BCUT2D eigenvalue weighted by molar-refractivity contribution is 6.36. The number of carbonyl (C=O) groups excluding carboxylic acids is 1. The van der Waals surface area contributed by atoms with Crippen LogP contribution in [0.3, 0.4) is 0 Å². The minimum absolute atomic E-state index is 0.419. The van der Waals surface area contributed by atoms with Crippen LogP contribution in [0.2, 0.25) is 0 Å². The van der Waals surface area contributed by atoms with E-state index in [1.165, 1.54) is 5.56 Å². The maximum atomic E-state index is 11.6. The summed E-state index contributed by atoms with van der Waals surface area (Å²) in [6, 6.07) is 7.54. The van der Waals surface area contributed by atoms with Crippen LogP contribution in [0.1, 0.15) is 44.7 Å². The number of carboxylic acids is 1. The Bertz CT molecular complexity index is 427. The van der Waals surface area contributed by atoms with Gasteiger partial charge in [-0.05, 0) is 30.9 Å². The Balaban J connectivity index is 3.08. The Morgan fingerprint density at radius 1 is 1.12 bits per heavy atom. The van der Waals surface area contributed by atoms with Crippen LogP contribution in [0.4, 0.5) is 0 Å². The third-order valence-corrected chi connectivity index (χ3v) is 3.06. The van der Waals surface area contributed by atoms with Crippen LogP contribution >= 0.6 is 0 Å². The maximum absolute atomic E-state index is 11.6. The maximum Gasteiger partial charge on any atom is 0.373 e. The molecule has 0 aliphatic carbocycles. The van der Waals surface area contributed by atoms with Gasteiger partial charge >= 0.3 is 5.97 Å². The van der Waals surface area contributed by atoms with E-state index in [0.717, 1.165) is 5.56 Å². The highest BCUT2D eigenvalue weighted by atomic mass is 16.4. The summed E-state index contributed by atoms with van der Waals surface area (Å²) in [4.78, 5) is 22.3. The van der Waals surface area contributed by atoms with Crippen molar-refractivity contribution in [1.82, 2.24) is 0 Å². The van der Waals surface area contributed by atoms with Crippen LogP contribution in [0.15, 0.2) is 24.3 Å². The zero-order chi connectivity index (χ0) is 13.2. The van der Waals surface area contributed by atoms with Gasteiger partial charge in [-0.25, -0.2) is 4.79 Å². The molecule has 3 nitrogen and oxygen atoms in total. The van der Waals surface area contributed by atoms with Gasteiger partial charge in [-0.15, -0.1) is 0 Å². The minimum atomic E-state index is -1.39. The van der Waals surface area contributed by atoms with Gasteiger partial charge in [0, 0.05) is 0 Å². The molecule has 0 aromatic heterocycles. The van der Waals surface area contributed by atoms with Crippen molar-refractivity contribution in [3.8, 4) is 0 Å².